The van der Waals surface area contributed by atoms with E-state index in [0.717, 1.165) is 11.0 Å². The molecular formula is C40H19F12NO2. The van der Waals surface area contributed by atoms with Gasteiger partial charge in [-0.3, -0.25) is 14.5 Å². The van der Waals surface area contributed by atoms with Gasteiger partial charge in [0.05, 0.1) is 39.2 Å². The Kier molecular flexibility index (Phi) is 8.62. The number of hydrogen-bond donors (Lipinski definition) is 0. The predicted molar refractivity (Wildman–Crippen MR) is 177 cm³/mol. The van der Waals surface area contributed by atoms with Crippen molar-refractivity contribution in [2.75, 3.05) is 4.90 Å². The van der Waals surface area contributed by atoms with Gasteiger partial charge in [0, 0.05) is 16.7 Å². The molecule has 0 atom stereocenters. The number of hydrogen-bond acceptors (Lipinski definition) is 2. The van der Waals surface area contributed by atoms with Crippen molar-refractivity contribution in [2.24, 2.45) is 0 Å². The van der Waals surface area contributed by atoms with Crippen molar-refractivity contribution in [1.82, 2.24) is 0 Å². The molecule has 0 radical (unpaired) electrons. The summed E-state index contributed by atoms with van der Waals surface area (Å²) in [4.78, 5) is 28.4. The molecule has 55 heavy (non-hydrogen) atoms. The number of para-hydroxylation sites is 1. The number of ketones is 1. The first-order valence-corrected chi connectivity index (χ1v) is 15.9. The molecule has 0 saturated carbocycles. The van der Waals surface area contributed by atoms with Crippen LogP contribution in [0.2, 0.25) is 0 Å². The molecule has 0 saturated heterocycles. The summed E-state index contributed by atoms with van der Waals surface area (Å²) in [5.74, 6) is -2.54. The summed E-state index contributed by atoms with van der Waals surface area (Å²) >= 11 is 0. The van der Waals surface area contributed by atoms with Crippen LogP contribution in [0, 0.1) is 0 Å². The first-order chi connectivity index (χ1) is 25.7. The quantitative estimate of drug-likeness (QED) is 0.135. The predicted octanol–water partition coefficient (Wildman–Crippen LogP) is 11.8. The third-order valence-corrected chi connectivity index (χ3v) is 8.99. The lowest BCUT2D eigenvalue weighted by Crippen LogP contribution is -2.29. The monoisotopic (exact) mass is 773 g/mol. The van der Waals surface area contributed by atoms with Crippen molar-refractivity contribution in [1.29, 1.82) is 0 Å². The van der Waals surface area contributed by atoms with Gasteiger partial charge in [-0.1, -0.05) is 72.8 Å². The topological polar surface area (TPSA) is 37.4 Å². The molecule has 0 bridgehead atoms. The van der Waals surface area contributed by atoms with Crippen LogP contribution in [0.25, 0.3) is 22.4 Å². The van der Waals surface area contributed by atoms with Crippen molar-refractivity contribution in [3.63, 3.8) is 0 Å². The molecule has 2 aliphatic rings. The van der Waals surface area contributed by atoms with Gasteiger partial charge in [-0.15, -0.1) is 0 Å². The van der Waals surface area contributed by atoms with E-state index in [-0.39, 0.29) is 40.1 Å². The van der Waals surface area contributed by atoms with Crippen molar-refractivity contribution in [2.45, 2.75) is 24.7 Å². The van der Waals surface area contributed by atoms with E-state index in [0.29, 0.717) is 24.3 Å². The minimum absolute atomic E-state index is 0.0537. The second kappa shape index (κ2) is 12.7. The lowest BCUT2D eigenvalue weighted by molar-refractivity contribution is -0.144. The standard InChI is InChI=1S/C40H19F12NO2/c41-37(42,43)24-14-22(15-25(18-24)38(44,45)46)30-28-12-7-13-29-34(28)53(36(55)35(29)54)33(21-10-5-2-6-11-21)32(31(30)20-8-3-1-4-9-20)23-16-26(39(47,48)49)19-27(17-23)40(50,51)52/h1-19H. The second-order valence-corrected chi connectivity index (χ2v) is 12.5. The summed E-state index contributed by atoms with van der Waals surface area (Å²) in [5.41, 5.74) is -12.2. The fourth-order valence-corrected chi connectivity index (χ4v) is 6.73. The molecule has 0 N–H and O–H groups in total. The number of Topliss-reactive ketones (excluding diaryl/α,β-unsaturated/α-hetero) is 1. The molecule has 0 unspecified atom stereocenters. The van der Waals surface area contributed by atoms with Crippen LogP contribution in [0.5, 0.6) is 0 Å². The molecule has 1 amide bonds. The lowest BCUT2D eigenvalue weighted by atomic mass is 9.80. The van der Waals surface area contributed by atoms with Gasteiger partial charge in [-0.05, 0) is 70.3 Å². The van der Waals surface area contributed by atoms with Crippen molar-refractivity contribution >= 4 is 39.8 Å². The number of rotatable bonds is 4. The van der Waals surface area contributed by atoms with E-state index in [1.807, 2.05) is 0 Å². The van der Waals surface area contributed by atoms with Gasteiger partial charge in [0.25, 0.3) is 5.78 Å². The normalized spacial score (nSPS) is 15.2. The Balaban J connectivity index is 1.81. The molecule has 7 rings (SSSR count). The molecule has 2 aliphatic heterocycles. The Morgan fingerprint density at radius 3 is 1.22 bits per heavy atom. The fourth-order valence-electron chi connectivity index (χ4n) is 6.73. The zero-order chi connectivity index (χ0) is 39.8. The summed E-state index contributed by atoms with van der Waals surface area (Å²) in [5, 5.41) is 0. The molecular weight excluding hydrogens is 754 g/mol. The van der Waals surface area contributed by atoms with Gasteiger partial charge >= 0.3 is 30.6 Å². The highest BCUT2D eigenvalue weighted by Crippen LogP contribution is 2.55. The maximum absolute atomic E-state index is 14.4. The number of alkyl halides is 12. The van der Waals surface area contributed by atoms with Gasteiger partial charge in [0.1, 0.15) is 0 Å². The Hall–Kier alpha value is -6.12. The Morgan fingerprint density at radius 1 is 0.382 bits per heavy atom. The summed E-state index contributed by atoms with van der Waals surface area (Å²) in [6, 6.07) is 18.4. The number of carbonyl (C=O) groups is 2. The van der Waals surface area contributed by atoms with E-state index in [9.17, 15) is 62.3 Å². The average molecular weight is 774 g/mol. The zero-order valence-corrected chi connectivity index (χ0v) is 27.3. The Labute approximate surface area is 302 Å². The second-order valence-electron chi connectivity index (χ2n) is 12.5. The van der Waals surface area contributed by atoms with Gasteiger partial charge in [-0.25, -0.2) is 0 Å². The van der Waals surface area contributed by atoms with E-state index < -0.39 is 92.2 Å². The van der Waals surface area contributed by atoms with Crippen LogP contribution in [-0.4, -0.2) is 11.7 Å². The molecule has 0 spiro atoms. The lowest BCUT2D eigenvalue weighted by Gasteiger charge is -2.26. The summed E-state index contributed by atoms with van der Waals surface area (Å²) in [6.45, 7) is 0. The molecule has 5 aromatic rings. The van der Waals surface area contributed by atoms with E-state index in [2.05, 4.69) is 0 Å². The Morgan fingerprint density at radius 2 is 0.782 bits per heavy atom. The molecule has 2 heterocycles. The van der Waals surface area contributed by atoms with Crippen LogP contribution >= 0.6 is 0 Å². The number of carbonyl (C=O) groups excluding carboxylic acids is 2. The largest absolute Gasteiger partial charge is 0.416 e. The zero-order valence-electron chi connectivity index (χ0n) is 27.3. The third kappa shape index (κ3) is 6.57. The van der Waals surface area contributed by atoms with Crippen LogP contribution in [0.15, 0.2) is 115 Å². The maximum atomic E-state index is 14.4. The summed E-state index contributed by atoms with van der Waals surface area (Å²) < 4.78 is 173. The molecule has 5 aromatic carbocycles. The van der Waals surface area contributed by atoms with Crippen LogP contribution in [0.1, 0.15) is 60.4 Å². The first kappa shape index (κ1) is 37.2. The summed E-state index contributed by atoms with van der Waals surface area (Å²) in [7, 11) is 0. The highest BCUT2D eigenvalue weighted by Gasteiger charge is 2.46. The van der Waals surface area contributed by atoms with Gasteiger partial charge in [0.15, 0.2) is 0 Å². The molecule has 0 aliphatic carbocycles. The van der Waals surface area contributed by atoms with Crippen molar-refractivity contribution in [3.05, 3.63) is 171 Å². The average Bonchev–Trinajstić information content (AvgIpc) is 3.28. The third-order valence-electron chi connectivity index (χ3n) is 8.99. The van der Waals surface area contributed by atoms with Gasteiger partial charge < -0.3 is 0 Å². The number of allylic oxidation sites excluding steroid dienone is 2. The van der Waals surface area contributed by atoms with E-state index in [1.54, 1.807) is 0 Å². The molecule has 0 aromatic heterocycles. The van der Waals surface area contributed by atoms with Gasteiger partial charge in [-0.2, -0.15) is 52.7 Å². The van der Waals surface area contributed by atoms with E-state index in [1.165, 1.54) is 72.8 Å². The maximum Gasteiger partial charge on any atom is 0.416 e. The SMILES string of the molecule is O=C1C(=O)N2C(c3ccccc3)=C(c3cc(C(F)(F)F)cc(C(F)(F)F)c3)C(c3ccccc3)=C(c3cc(C(F)(F)F)cc(C(F)(F)F)c3)c3cccc1c32. The number of nitrogens with zero attached hydrogens (tertiary/aromatic N) is 1. The molecule has 280 valence electrons. The minimum Gasteiger partial charge on any atom is -0.283 e. The number of benzene rings is 5. The number of anilines is 1. The first-order valence-electron chi connectivity index (χ1n) is 15.9. The molecule has 3 nitrogen and oxygen atoms in total. The van der Waals surface area contributed by atoms with Crippen LogP contribution in [0.3, 0.4) is 0 Å². The van der Waals surface area contributed by atoms with Crippen molar-refractivity contribution in [3.8, 4) is 0 Å². The van der Waals surface area contributed by atoms with Gasteiger partial charge in [0.2, 0.25) is 0 Å². The number of halogens is 12. The number of amides is 1. The Bertz CT molecular complexity index is 2390. The minimum atomic E-state index is -5.41. The van der Waals surface area contributed by atoms with E-state index >= 15 is 0 Å². The highest BCUT2D eigenvalue weighted by atomic mass is 19.4. The fraction of sp³-hybridized carbons (Fsp3) is 0.100. The smallest absolute Gasteiger partial charge is 0.283 e. The van der Waals surface area contributed by atoms with Crippen LogP contribution < -0.4 is 4.90 Å². The molecule has 15 heteroatoms. The molecule has 0 fully saturated rings. The van der Waals surface area contributed by atoms with E-state index in [4.69, 9.17) is 0 Å². The van der Waals surface area contributed by atoms with Crippen molar-refractivity contribution < 1.29 is 62.3 Å². The highest BCUT2D eigenvalue weighted by molar-refractivity contribution is 6.56. The van der Waals surface area contributed by atoms with Crippen LogP contribution in [0.4, 0.5) is 58.4 Å². The van der Waals surface area contributed by atoms with Crippen LogP contribution in [-0.2, 0) is 29.5 Å². The summed E-state index contributed by atoms with van der Waals surface area (Å²) in [6.07, 6.45) is -21.6.